The quantitative estimate of drug-likeness (QED) is 0.709. The van der Waals surface area contributed by atoms with E-state index in [-0.39, 0.29) is 18.6 Å². The number of nitrogens with one attached hydrogen (secondary N) is 1. The maximum absolute atomic E-state index is 13.0. The molecule has 0 saturated heterocycles. The summed E-state index contributed by atoms with van der Waals surface area (Å²) in [6.45, 7) is 0.293. The van der Waals surface area contributed by atoms with Crippen LogP contribution in [-0.2, 0) is 13.0 Å². The number of carbonyl (C=O) groups excluding carboxylic acids is 1. The summed E-state index contributed by atoms with van der Waals surface area (Å²) in [5.41, 5.74) is 4.43. The van der Waals surface area contributed by atoms with Crippen LogP contribution in [0, 0.1) is 0 Å². The van der Waals surface area contributed by atoms with E-state index in [9.17, 15) is 9.90 Å². The van der Waals surface area contributed by atoms with E-state index in [1.165, 1.54) is 5.56 Å². The third-order valence-electron chi connectivity index (χ3n) is 4.93. The summed E-state index contributed by atoms with van der Waals surface area (Å²) in [6.07, 6.45) is 3.33. The molecule has 0 bridgehead atoms. The van der Waals surface area contributed by atoms with Crippen LogP contribution in [0.3, 0.4) is 0 Å². The molecule has 138 valence electrons. The lowest BCUT2D eigenvalue weighted by Crippen LogP contribution is -2.27. The Hall–Kier alpha value is -2.63. The van der Waals surface area contributed by atoms with Crippen LogP contribution >= 0.6 is 11.6 Å². The summed E-state index contributed by atoms with van der Waals surface area (Å²) in [6, 6.07) is 15.4. The number of rotatable bonds is 5. The van der Waals surface area contributed by atoms with Gasteiger partial charge in [-0.15, -0.1) is 0 Å². The number of nitrogens with zero attached hydrogens (tertiary/aromatic N) is 2. The van der Waals surface area contributed by atoms with Crippen LogP contribution in [0.15, 0.2) is 54.7 Å². The van der Waals surface area contributed by atoms with E-state index in [4.69, 9.17) is 11.6 Å². The molecule has 3 aromatic rings. The first-order chi connectivity index (χ1) is 13.2. The number of aryl methyl sites for hydroxylation is 1. The Morgan fingerprint density at radius 3 is 2.85 bits per heavy atom. The minimum absolute atomic E-state index is 0.0328. The number of hydrogen-bond acceptors (Lipinski definition) is 3. The predicted octanol–water partition coefficient (Wildman–Crippen LogP) is 3.61. The molecule has 27 heavy (non-hydrogen) atoms. The molecule has 0 spiro atoms. The van der Waals surface area contributed by atoms with Crippen molar-refractivity contribution in [3.05, 3.63) is 76.4 Å². The molecule has 1 amide bonds. The monoisotopic (exact) mass is 381 g/mol. The van der Waals surface area contributed by atoms with Crippen molar-refractivity contribution in [1.29, 1.82) is 0 Å². The van der Waals surface area contributed by atoms with Crippen molar-refractivity contribution in [2.45, 2.75) is 25.4 Å². The first-order valence-corrected chi connectivity index (χ1v) is 9.36. The fourth-order valence-electron chi connectivity index (χ4n) is 3.69. The number of aliphatic hydroxyl groups is 1. The second kappa shape index (κ2) is 7.55. The minimum Gasteiger partial charge on any atom is -0.394 e. The second-order valence-electron chi connectivity index (χ2n) is 6.63. The zero-order valence-electron chi connectivity index (χ0n) is 14.7. The molecule has 1 aromatic heterocycles. The van der Waals surface area contributed by atoms with Crippen LogP contribution in [0.4, 0.5) is 0 Å². The van der Waals surface area contributed by atoms with E-state index in [1.807, 2.05) is 48.5 Å². The summed E-state index contributed by atoms with van der Waals surface area (Å²) in [5, 5.41) is 17.5. The Morgan fingerprint density at radius 2 is 2.07 bits per heavy atom. The molecule has 2 N–H and O–H groups in total. The summed E-state index contributed by atoms with van der Waals surface area (Å²) >= 11 is 6.07. The van der Waals surface area contributed by atoms with Crippen LogP contribution < -0.4 is 5.32 Å². The molecule has 1 aliphatic carbocycles. The number of halogens is 1. The lowest BCUT2D eigenvalue weighted by atomic mass is 10.1. The maximum Gasteiger partial charge on any atom is 0.255 e. The van der Waals surface area contributed by atoms with Crippen LogP contribution in [0.25, 0.3) is 11.3 Å². The Bertz CT molecular complexity index is 969. The highest BCUT2D eigenvalue weighted by molar-refractivity contribution is 6.30. The van der Waals surface area contributed by atoms with Crippen molar-refractivity contribution in [1.82, 2.24) is 15.1 Å². The number of carbonyl (C=O) groups is 1. The number of fused-ring (bicyclic) bond motifs is 1. The van der Waals surface area contributed by atoms with Crippen LogP contribution in [-0.4, -0.2) is 27.4 Å². The fourth-order valence-corrected chi connectivity index (χ4v) is 3.88. The summed E-state index contributed by atoms with van der Waals surface area (Å²) in [5.74, 6) is -0.161. The number of benzene rings is 2. The molecule has 1 heterocycles. The van der Waals surface area contributed by atoms with E-state index >= 15 is 0 Å². The maximum atomic E-state index is 13.0. The molecule has 0 aliphatic heterocycles. The number of aliphatic hydroxyl groups excluding tert-OH is 1. The lowest BCUT2D eigenvalue weighted by molar-refractivity contribution is 0.0937. The van der Waals surface area contributed by atoms with E-state index in [0.29, 0.717) is 12.1 Å². The number of hydrogen-bond donors (Lipinski definition) is 2. The molecule has 2 aromatic carbocycles. The molecule has 5 nitrogen and oxygen atoms in total. The van der Waals surface area contributed by atoms with Crippen LogP contribution in [0.5, 0.6) is 0 Å². The van der Waals surface area contributed by atoms with Crippen molar-refractivity contribution < 1.29 is 9.90 Å². The van der Waals surface area contributed by atoms with Crippen molar-refractivity contribution in [3.8, 4) is 11.3 Å². The third kappa shape index (κ3) is 3.48. The van der Waals surface area contributed by atoms with Gasteiger partial charge in [-0.3, -0.25) is 9.48 Å². The number of amides is 1. The van der Waals surface area contributed by atoms with Crippen LogP contribution in [0.1, 0.15) is 33.9 Å². The average Bonchev–Trinajstić information content (AvgIpc) is 3.27. The molecule has 1 atom stereocenters. The van der Waals surface area contributed by atoms with Gasteiger partial charge in [-0.1, -0.05) is 48.0 Å². The molecule has 0 fully saturated rings. The van der Waals surface area contributed by atoms with Gasteiger partial charge in [0.2, 0.25) is 0 Å². The molecule has 4 rings (SSSR count). The highest BCUT2D eigenvalue weighted by Crippen LogP contribution is 2.33. The van der Waals surface area contributed by atoms with E-state index in [1.54, 1.807) is 10.9 Å². The van der Waals surface area contributed by atoms with Gasteiger partial charge in [0.05, 0.1) is 36.6 Å². The summed E-state index contributed by atoms with van der Waals surface area (Å²) in [4.78, 5) is 13.0. The van der Waals surface area contributed by atoms with Gasteiger partial charge < -0.3 is 10.4 Å². The molecule has 0 saturated carbocycles. The first kappa shape index (κ1) is 17.8. The normalized spacial score (nSPS) is 15.6. The Morgan fingerprint density at radius 1 is 1.26 bits per heavy atom. The fraction of sp³-hybridized carbons (Fsp3) is 0.238. The van der Waals surface area contributed by atoms with Gasteiger partial charge in [-0.25, -0.2) is 0 Å². The number of aromatic nitrogens is 2. The van der Waals surface area contributed by atoms with Gasteiger partial charge in [-0.05, 0) is 36.1 Å². The highest BCUT2D eigenvalue weighted by atomic mass is 35.5. The third-order valence-corrected chi connectivity index (χ3v) is 5.17. The zero-order valence-corrected chi connectivity index (χ0v) is 15.5. The van der Waals surface area contributed by atoms with Gasteiger partial charge in [0, 0.05) is 10.6 Å². The molecular formula is C21H20ClN3O2. The molecule has 0 unspecified atom stereocenters. The first-order valence-electron chi connectivity index (χ1n) is 8.98. The average molecular weight is 382 g/mol. The molecular weight excluding hydrogens is 362 g/mol. The molecule has 1 aliphatic rings. The molecule has 0 radical (unpaired) electrons. The smallest absolute Gasteiger partial charge is 0.255 e. The van der Waals surface area contributed by atoms with Gasteiger partial charge >= 0.3 is 0 Å². The van der Waals surface area contributed by atoms with Crippen molar-refractivity contribution in [2.75, 3.05) is 6.61 Å². The summed E-state index contributed by atoms with van der Waals surface area (Å²) < 4.78 is 1.67. The van der Waals surface area contributed by atoms with Gasteiger partial charge in [-0.2, -0.15) is 5.10 Å². The van der Waals surface area contributed by atoms with E-state index in [2.05, 4.69) is 10.4 Å². The van der Waals surface area contributed by atoms with Gasteiger partial charge in [0.1, 0.15) is 0 Å². The highest BCUT2D eigenvalue weighted by Gasteiger charge is 2.26. The van der Waals surface area contributed by atoms with Crippen molar-refractivity contribution in [2.24, 2.45) is 0 Å². The standard InChI is InChI=1S/C21H20ClN3O2/c22-16-7-8-17-15(12-16)6-9-19(17)24-21(27)18-13-23-25(10-11-26)20(18)14-4-2-1-3-5-14/h1-5,7-8,12-13,19,26H,6,9-11H2,(H,24,27)/t19-/m0/s1. The van der Waals surface area contributed by atoms with Crippen molar-refractivity contribution in [3.63, 3.8) is 0 Å². The minimum atomic E-state index is -0.161. The Balaban J connectivity index is 1.64. The topological polar surface area (TPSA) is 67.2 Å². The Kier molecular flexibility index (Phi) is 4.97. The summed E-state index contributed by atoms with van der Waals surface area (Å²) in [7, 11) is 0. The van der Waals surface area contributed by atoms with E-state index in [0.717, 1.165) is 34.7 Å². The second-order valence-corrected chi connectivity index (χ2v) is 7.06. The van der Waals surface area contributed by atoms with Crippen molar-refractivity contribution >= 4 is 17.5 Å². The largest absolute Gasteiger partial charge is 0.394 e. The van der Waals surface area contributed by atoms with Gasteiger partial charge in [0.25, 0.3) is 5.91 Å². The van der Waals surface area contributed by atoms with Gasteiger partial charge in [0.15, 0.2) is 0 Å². The van der Waals surface area contributed by atoms with Crippen LogP contribution in [0.2, 0.25) is 5.02 Å². The predicted molar refractivity (Wildman–Crippen MR) is 105 cm³/mol. The Labute approximate surface area is 162 Å². The zero-order chi connectivity index (χ0) is 18.8. The van der Waals surface area contributed by atoms with E-state index < -0.39 is 0 Å². The lowest BCUT2D eigenvalue weighted by Gasteiger charge is -2.15. The molecule has 6 heteroatoms. The SMILES string of the molecule is O=C(N[C@H]1CCc2cc(Cl)ccc21)c1cnn(CCO)c1-c1ccccc1.